The van der Waals surface area contributed by atoms with Gasteiger partial charge in [-0.05, 0) is 44.0 Å². The SMILES string of the molecule is Cc1cc(CNCCCCCC(=O)O)nc(C(=O)NCCS(=O)(=O)O)c1. The molecule has 0 unspecified atom stereocenters. The summed E-state index contributed by atoms with van der Waals surface area (Å²) in [6.45, 7) is 2.81. The van der Waals surface area contributed by atoms with Gasteiger partial charge in [-0.1, -0.05) is 6.42 Å². The van der Waals surface area contributed by atoms with Crippen LogP contribution < -0.4 is 10.6 Å². The summed E-state index contributed by atoms with van der Waals surface area (Å²) >= 11 is 0. The van der Waals surface area contributed by atoms with E-state index in [-0.39, 0.29) is 18.7 Å². The molecule has 0 atom stereocenters. The van der Waals surface area contributed by atoms with Crippen molar-refractivity contribution in [2.75, 3.05) is 18.8 Å². The van der Waals surface area contributed by atoms with Crippen LogP contribution in [-0.2, 0) is 21.5 Å². The standard InChI is InChI=1S/C16H25N3O6S/c1-12-9-13(11-17-6-4-2-3-5-15(20)21)19-14(10-12)16(22)18-7-8-26(23,24)25/h9-10,17H,2-8,11H2,1H3,(H,18,22)(H,20,21)(H,23,24,25). The second-order valence-corrected chi connectivity index (χ2v) is 7.52. The van der Waals surface area contributed by atoms with Gasteiger partial charge >= 0.3 is 5.97 Å². The number of aryl methyl sites for hydroxylation is 1. The molecule has 0 bridgehead atoms. The van der Waals surface area contributed by atoms with Crippen molar-refractivity contribution in [1.82, 2.24) is 15.6 Å². The number of amides is 1. The van der Waals surface area contributed by atoms with Crippen LogP contribution >= 0.6 is 0 Å². The molecule has 0 fully saturated rings. The molecule has 0 aliphatic heterocycles. The number of aromatic nitrogens is 1. The number of nitrogens with one attached hydrogen (secondary N) is 2. The van der Waals surface area contributed by atoms with Crippen LogP contribution in [0.3, 0.4) is 0 Å². The van der Waals surface area contributed by atoms with Crippen LogP contribution in [0.1, 0.15) is 47.4 Å². The number of pyridine rings is 1. The molecule has 0 spiro atoms. The van der Waals surface area contributed by atoms with Gasteiger partial charge in [0.05, 0.1) is 11.4 Å². The third-order valence-corrected chi connectivity index (χ3v) is 4.17. The Hall–Kier alpha value is -2.04. The number of aliphatic carboxylic acids is 1. The third-order valence-electron chi connectivity index (χ3n) is 3.45. The van der Waals surface area contributed by atoms with Gasteiger partial charge in [-0.25, -0.2) is 4.98 Å². The molecule has 0 radical (unpaired) electrons. The summed E-state index contributed by atoms with van der Waals surface area (Å²) < 4.78 is 30.0. The van der Waals surface area contributed by atoms with E-state index in [2.05, 4.69) is 15.6 Å². The van der Waals surface area contributed by atoms with Crippen LogP contribution in [0.5, 0.6) is 0 Å². The maximum absolute atomic E-state index is 12.0. The first-order chi connectivity index (χ1) is 12.2. The second kappa shape index (κ2) is 10.8. The van der Waals surface area contributed by atoms with E-state index in [9.17, 15) is 18.0 Å². The summed E-state index contributed by atoms with van der Waals surface area (Å²) in [5.41, 5.74) is 1.70. The monoisotopic (exact) mass is 387 g/mol. The number of nitrogens with zero attached hydrogens (tertiary/aromatic N) is 1. The molecule has 9 nitrogen and oxygen atoms in total. The van der Waals surface area contributed by atoms with Gasteiger partial charge in [-0.2, -0.15) is 8.42 Å². The molecule has 0 aliphatic carbocycles. The zero-order valence-electron chi connectivity index (χ0n) is 14.7. The highest BCUT2D eigenvalue weighted by molar-refractivity contribution is 7.85. The van der Waals surface area contributed by atoms with Crippen molar-refractivity contribution in [1.29, 1.82) is 0 Å². The van der Waals surface area contributed by atoms with Gasteiger partial charge in [-0.3, -0.25) is 14.1 Å². The van der Waals surface area contributed by atoms with E-state index in [0.29, 0.717) is 25.2 Å². The van der Waals surface area contributed by atoms with Crippen LogP contribution in [0, 0.1) is 6.92 Å². The zero-order chi connectivity index (χ0) is 19.6. The highest BCUT2D eigenvalue weighted by Crippen LogP contribution is 2.06. The summed E-state index contributed by atoms with van der Waals surface area (Å²) in [6, 6.07) is 3.44. The van der Waals surface area contributed by atoms with E-state index in [4.69, 9.17) is 9.66 Å². The van der Waals surface area contributed by atoms with Crippen molar-refractivity contribution in [3.8, 4) is 0 Å². The van der Waals surface area contributed by atoms with Crippen LogP contribution in [0.2, 0.25) is 0 Å². The summed E-state index contributed by atoms with van der Waals surface area (Å²) in [7, 11) is -4.12. The fourth-order valence-electron chi connectivity index (χ4n) is 2.25. The number of hydrogen-bond acceptors (Lipinski definition) is 6. The van der Waals surface area contributed by atoms with Crippen molar-refractivity contribution in [2.24, 2.45) is 0 Å². The minimum atomic E-state index is -4.12. The Labute approximate surface area is 153 Å². The van der Waals surface area contributed by atoms with Crippen molar-refractivity contribution >= 4 is 22.0 Å². The molecule has 0 aromatic carbocycles. The van der Waals surface area contributed by atoms with E-state index in [1.807, 2.05) is 13.0 Å². The maximum Gasteiger partial charge on any atom is 0.303 e. The van der Waals surface area contributed by atoms with Gasteiger partial charge in [0, 0.05) is 19.5 Å². The number of carboxylic acids is 1. The lowest BCUT2D eigenvalue weighted by atomic mass is 10.2. The molecular formula is C16H25N3O6S. The predicted octanol–water partition coefficient (Wildman–Crippen LogP) is 0.742. The van der Waals surface area contributed by atoms with Crippen LogP contribution in [0.15, 0.2) is 12.1 Å². The molecule has 26 heavy (non-hydrogen) atoms. The van der Waals surface area contributed by atoms with Crippen LogP contribution in [0.4, 0.5) is 0 Å². The van der Waals surface area contributed by atoms with Gasteiger partial charge in [-0.15, -0.1) is 0 Å². The number of carboxylic acid groups (broad SMARTS) is 1. The molecule has 1 aromatic rings. The maximum atomic E-state index is 12.0. The molecule has 1 heterocycles. The van der Waals surface area contributed by atoms with Crippen LogP contribution in [0.25, 0.3) is 0 Å². The average Bonchev–Trinajstić information content (AvgIpc) is 2.51. The molecule has 10 heteroatoms. The quantitative estimate of drug-likeness (QED) is 0.303. The van der Waals surface area contributed by atoms with Crippen molar-refractivity contribution < 1.29 is 27.7 Å². The smallest absolute Gasteiger partial charge is 0.303 e. The first-order valence-electron chi connectivity index (χ1n) is 8.31. The molecule has 1 amide bonds. The van der Waals surface area contributed by atoms with E-state index in [1.165, 1.54) is 0 Å². The molecule has 0 saturated carbocycles. The average molecular weight is 387 g/mol. The highest BCUT2D eigenvalue weighted by Gasteiger charge is 2.11. The fraction of sp³-hybridized carbons (Fsp3) is 0.562. The van der Waals surface area contributed by atoms with Gasteiger partial charge in [0.15, 0.2) is 0 Å². The van der Waals surface area contributed by atoms with Gasteiger partial charge in [0.2, 0.25) is 0 Å². The van der Waals surface area contributed by atoms with Crippen molar-refractivity contribution in [3.63, 3.8) is 0 Å². The van der Waals surface area contributed by atoms with Crippen molar-refractivity contribution in [3.05, 3.63) is 29.1 Å². The zero-order valence-corrected chi connectivity index (χ0v) is 15.5. The molecule has 146 valence electrons. The molecule has 1 rings (SSSR count). The number of rotatable bonds is 12. The third kappa shape index (κ3) is 10.1. The van der Waals surface area contributed by atoms with Crippen LogP contribution in [-0.4, -0.2) is 53.8 Å². The Morgan fingerprint density at radius 1 is 1.15 bits per heavy atom. The van der Waals surface area contributed by atoms with Gasteiger partial charge in [0.25, 0.3) is 16.0 Å². The summed E-state index contributed by atoms with van der Waals surface area (Å²) in [5, 5.41) is 14.1. The first-order valence-corrected chi connectivity index (χ1v) is 9.92. The summed E-state index contributed by atoms with van der Waals surface area (Å²) in [5.74, 6) is -1.85. The molecular weight excluding hydrogens is 362 g/mol. The number of carbonyl (C=O) groups is 2. The van der Waals surface area contributed by atoms with Crippen molar-refractivity contribution in [2.45, 2.75) is 39.2 Å². The minimum Gasteiger partial charge on any atom is -0.481 e. The Bertz CT molecular complexity index is 721. The Balaban J connectivity index is 2.43. The van der Waals surface area contributed by atoms with E-state index in [1.54, 1.807) is 6.07 Å². The second-order valence-electron chi connectivity index (χ2n) is 5.94. The van der Waals surface area contributed by atoms with E-state index >= 15 is 0 Å². The Kier molecular flexibility index (Phi) is 9.17. The molecule has 1 aromatic heterocycles. The van der Waals surface area contributed by atoms with Gasteiger partial charge in [0.1, 0.15) is 5.69 Å². The molecule has 0 aliphatic rings. The molecule has 4 N–H and O–H groups in total. The minimum absolute atomic E-state index is 0.176. The predicted molar refractivity (Wildman–Crippen MR) is 95.5 cm³/mol. The Morgan fingerprint density at radius 3 is 2.54 bits per heavy atom. The normalized spacial score (nSPS) is 11.3. The topological polar surface area (TPSA) is 146 Å². The summed E-state index contributed by atoms with van der Waals surface area (Å²) in [6.07, 6.45) is 2.49. The largest absolute Gasteiger partial charge is 0.481 e. The lowest BCUT2D eigenvalue weighted by Gasteiger charge is -2.09. The molecule has 0 saturated heterocycles. The lowest BCUT2D eigenvalue weighted by Crippen LogP contribution is -2.30. The lowest BCUT2D eigenvalue weighted by molar-refractivity contribution is -0.137. The fourth-order valence-corrected chi connectivity index (χ4v) is 2.61. The number of carbonyl (C=O) groups excluding carboxylic acids is 1. The highest BCUT2D eigenvalue weighted by atomic mass is 32.2. The van der Waals surface area contributed by atoms with E-state index in [0.717, 1.165) is 18.4 Å². The summed E-state index contributed by atoms with van der Waals surface area (Å²) in [4.78, 5) is 26.7. The number of unbranched alkanes of at least 4 members (excludes halogenated alkanes) is 2. The van der Waals surface area contributed by atoms with E-state index < -0.39 is 27.7 Å². The van der Waals surface area contributed by atoms with Gasteiger partial charge < -0.3 is 15.7 Å². The Morgan fingerprint density at radius 2 is 1.88 bits per heavy atom. The number of hydrogen-bond donors (Lipinski definition) is 4. The first kappa shape index (κ1) is 22.0.